The number of hydrogen-bond acceptors (Lipinski definition) is 4. The van der Waals surface area contributed by atoms with Gasteiger partial charge in [-0.15, -0.1) is 5.10 Å². The van der Waals surface area contributed by atoms with Gasteiger partial charge in [0, 0.05) is 12.7 Å². The summed E-state index contributed by atoms with van der Waals surface area (Å²) in [5.41, 5.74) is 0.992. The Balaban J connectivity index is 1.68. The van der Waals surface area contributed by atoms with Crippen LogP contribution in [0.4, 0.5) is 0 Å². The first-order chi connectivity index (χ1) is 9.67. The zero-order valence-electron chi connectivity index (χ0n) is 13.0. The van der Waals surface area contributed by atoms with Crippen LogP contribution in [0.15, 0.2) is 6.20 Å². The minimum Gasteiger partial charge on any atom is -0.376 e. The molecule has 1 aromatic rings. The summed E-state index contributed by atoms with van der Waals surface area (Å²) in [6.45, 7) is 10.0. The van der Waals surface area contributed by atoms with E-state index in [0.29, 0.717) is 6.10 Å². The second-order valence-corrected chi connectivity index (χ2v) is 6.16. The van der Waals surface area contributed by atoms with Crippen LogP contribution in [0.1, 0.15) is 45.7 Å². The molecule has 0 radical (unpaired) electrons. The van der Waals surface area contributed by atoms with Crippen LogP contribution in [0.25, 0.3) is 0 Å². The van der Waals surface area contributed by atoms with Crippen molar-refractivity contribution in [1.29, 1.82) is 0 Å². The molecule has 1 saturated carbocycles. The molecule has 0 bridgehead atoms. The monoisotopic (exact) mass is 280 g/mol. The molecule has 1 fully saturated rings. The molecule has 5 heteroatoms. The topological polar surface area (TPSA) is 52.0 Å². The van der Waals surface area contributed by atoms with Crippen molar-refractivity contribution in [3.05, 3.63) is 11.9 Å². The zero-order chi connectivity index (χ0) is 14.4. The van der Waals surface area contributed by atoms with E-state index in [1.165, 1.54) is 19.3 Å². The van der Waals surface area contributed by atoms with Crippen LogP contribution in [0.5, 0.6) is 0 Å². The van der Waals surface area contributed by atoms with Crippen LogP contribution in [-0.4, -0.2) is 34.2 Å². The Bertz CT molecular complexity index is 383. The number of rotatable bonds is 7. The maximum absolute atomic E-state index is 6.01. The van der Waals surface area contributed by atoms with Crippen LogP contribution in [-0.2, 0) is 17.8 Å². The van der Waals surface area contributed by atoms with Gasteiger partial charge in [0.1, 0.15) is 0 Å². The van der Waals surface area contributed by atoms with Crippen LogP contribution in [0.3, 0.4) is 0 Å². The average Bonchev–Trinajstić information content (AvgIpc) is 2.83. The third kappa shape index (κ3) is 4.87. The Labute approximate surface area is 122 Å². The first-order valence-corrected chi connectivity index (χ1v) is 7.88. The van der Waals surface area contributed by atoms with E-state index >= 15 is 0 Å². The van der Waals surface area contributed by atoms with Crippen molar-refractivity contribution in [3.63, 3.8) is 0 Å². The van der Waals surface area contributed by atoms with Gasteiger partial charge in [0.25, 0.3) is 0 Å². The summed E-state index contributed by atoms with van der Waals surface area (Å²) in [4.78, 5) is 0. The molecular weight excluding hydrogens is 252 g/mol. The molecule has 0 saturated heterocycles. The average molecular weight is 280 g/mol. The lowest BCUT2D eigenvalue weighted by Gasteiger charge is -2.31. The Morgan fingerprint density at radius 1 is 1.30 bits per heavy atom. The maximum atomic E-state index is 6.01. The molecule has 20 heavy (non-hydrogen) atoms. The highest BCUT2D eigenvalue weighted by molar-refractivity contribution is 4.91. The smallest absolute Gasteiger partial charge is 0.0964 e. The molecule has 1 heterocycles. The van der Waals surface area contributed by atoms with E-state index in [1.54, 1.807) is 0 Å². The molecule has 0 aromatic carbocycles. The number of hydrogen-bond donors (Lipinski definition) is 1. The Morgan fingerprint density at radius 2 is 2.05 bits per heavy atom. The minimum absolute atomic E-state index is 0.429. The van der Waals surface area contributed by atoms with Gasteiger partial charge in [0.15, 0.2) is 0 Å². The molecule has 0 aliphatic heterocycles. The van der Waals surface area contributed by atoms with Crippen molar-refractivity contribution in [2.45, 2.75) is 59.2 Å². The lowest BCUT2D eigenvalue weighted by atomic mass is 9.82. The summed E-state index contributed by atoms with van der Waals surface area (Å²) < 4.78 is 7.89. The fraction of sp³-hybridized carbons (Fsp3) is 0.867. The van der Waals surface area contributed by atoms with Crippen molar-refractivity contribution < 1.29 is 4.74 Å². The van der Waals surface area contributed by atoms with E-state index in [0.717, 1.165) is 43.8 Å². The Hall–Kier alpha value is -0.940. The summed E-state index contributed by atoms with van der Waals surface area (Å²) in [6, 6.07) is 0. The standard InChI is InChI=1S/C15H28N4O/c1-4-16-10-14-11-19(18-17-14)5-6-20-15-8-12(2)7-13(3)9-15/h11-13,15-16H,4-10H2,1-3H3. The largest absolute Gasteiger partial charge is 0.376 e. The zero-order valence-corrected chi connectivity index (χ0v) is 13.0. The molecule has 0 spiro atoms. The highest BCUT2D eigenvalue weighted by Gasteiger charge is 2.24. The van der Waals surface area contributed by atoms with Crippen molar-refractivity contribution in [1.82, 2.24) is 20.3 Å². The van der Waals surface area contributed by atoms with Crippen LogP contribution in [0, 0.1) is 11.8 Å². The van der Waals surface area contributed by atoms with E-state index in [9.17, 15) is 0 Å². The lowest BCUT2D eigenvalue weighted by molar-refractivity contribution is -0.00346. The van der Waals surface area contributed by atoms with Crippen LogP contribution in [0.2, 0.25) is 0 Å². The van der Waals surface area contributed by atoms with Gasteiger partial charge in [-0.25, -0.2) is 4.68 Å². The summed E-state index contributed by atoms with van der Waals surface area (Å²) in [6.07, 6.45) is 6.17. The molecule has 5 nitrogen and oxygen atoms in total. The third-order valence-corrected chi connectivity index (χ3v) is 3.95. The van der Waals surface area contributed by atoms with Crippen molar-refractivity contribution >= 4 is 0 Å². The van der Waals surface area contributed by atoms with Gasteiger partial charge < -0.3 is 10.1 Å². The number of ether oxygens (including phenoxy) is 1. The second kappa shape index (κ2) is 7.74. The molecule has 2 unspecified atom stereocenters. The van der Waals surface area contributed by atoms with Crippen molar-refractivity contribution in [3.8, 4) is 0 Å². The van der Waals surface area contributed by atoms with Gasteiger partial charge in [-0.05, 0) is 37.6 Å². The van der Waals surface area contributed by atoms with E-state index in [2.05, 4.69) is 36.4 Å². The molecule has 1 N–H and O–H groups in total. The molecule has 0 amide bonds. The summed E-state index contributed by atoms with van der Waals surface area (Å²) in [7, 11) is 0. The predicted molar refractivity (Wildman–Crippen MR) is 79.3 cm³/mol. The first kappa shape index (κ1) is 15.4. The second-order valence-electron chi connectivity index (χ2n) is 6.16. The molecule has 1 aliphatic carbocycles. The molecule has 114 valence electrons. The molecule has 2 atom stereocenters. The predicted octanol–water partition coefficient (Wildman–Crippen LogP) is 2.23. The van der Waals surface area contributed by atoms with Gasteiger partial charge in [-0.1, -0.05) is 26.0 Å². The molecular formula is C15H28N4O. The van der Waals surface area contributed by atoms with Crippen molar-refractivity contribution in [2.24, 2.45) is 11.8 Å². The van der Waals surface area contributed by atoms with Gasteiger partial charge in [-0.2, -0.15) is 0 Å². The normalized spacial score (nSPS) is 26.9. The minimum atomic E-state index is 0.429. The Kier molecular flexibility index (Phi) is 5.98. The number of nitrogens with zero attached hydrogens (tertiary/aromatic N) is 3. The van der Waals surface area contributed by atoms with Crippen molar-refractivity contribution in [2.75, 3.05) is 13.2 Å². The number of aromatic nitrogens is 3. The lowest BCUT2D eigenvalue weighted by Crippen LogP contribution is -2.27. The SMILES string of the molecule is CCNCc1cn(CCOC2CC(C)CC(C)C2)nn1. The van der Waals surface area contributed by atoms with Crippen LogP contribution < -0.4 is 5.32 Å². The molecule has 1 aromatic heterocycles. The summed E-state index contributed by atoms with van der Waals surface area (Å²) >= 11 is 0. The van der Waals surface area contributed by atoms with Gasteiger partial charge >= 0.3 is 0 Å². The molecule has 1 aliphatic rings. The first-order valence-electron chi connectivity index (χ1n) is 7.88. The van der Waals surface area contributed by atoms with E-state index < -0.39 is 0 Å². The van der Waals surface area contributed by atoms with Crippen LogP contribution >= 0.6 is 0 Å². The maximum Gasteiger partial charge on any atom is 0.0964 e. The van der Waals surface area contributed by atoms with Gasteiger partial charge in [0.05, 0.1) is 24.9 Å². The van der Waals surface area contributed by atoms with Gasteiger partial charge in [-0.3, -0.25) is 0 Å². The Morgan fingerprint density at radius 3 is 2.75 bits per heavy atom. The third-order valence-electron chi connectivity index (χ3n) is 3.95. The van der Waals surface area contributed by atoms with E-state index in [4.69, 9.17) is 4.74 Å². The fourth-order valence-electron chi connectivity index (χ4n) is 3.10. The molecule has 2 rings (SSSR count). The fourth-order valence-corrected chi connectivity index (χ4v) is 3.10. The highest BCUT2D eigenvalue weighted by Crippen LogP contribution is 2.30. The summed E-state index contributed by atoms with van der Waals surface area (Å²) in [5, 5.41) is 11.5. The van der Waals surface area contributed by atoms with Gasteiger partial charge in [0.2, 0.25) is 0 Å². The van der Waals surface area contributed by atoms with E-state index in [-0.39, 0.29) is 0 Å². The summed E-state index contributed by atoms with van der Waals surface area (Å²) in [5.74, 6) is 1.59. The highest BCUT2D eigenvalue weighted by atomic mass is 16.5. The number of nitrogens with one attached hydrogen (secondary N) is 1. The van der Waals surface area contributed by atoms with E-state index in [1.807, 2.05) is 10.9 Å². The quantitative estimate of drug-likeness (QED) is 0.832.